The molecule has 0 saturated carbocycles. The van der Waals surface area contributed by atoms with E-state index >= 15 is 0 Å². The maximum absolute atomic E-state index is 13.4. The highest BCUT2D eigenvalue weighted by molar-refractivity contribution is 6.05. The first-order valence-corrected chi connectivity index (χ1v) is 6.66. The highest BCUT2D eigenvalue weighted by atomic mass is 19.1. The fourth-order valence-corrected chi connectivity index (χ4v) is 2.21. The molecular formula is C15H19FO5. The van der Waals surface area contributed by atoms with Crippen LogP contribution in [-0.2, 0) is 19.7 Å². The van der Waals surface area contributed by atoms with Crippen LogP contribution in [0.15, 0.2) is 24.3 Å². The average molecular weight is 298 g/mol. The molecule has 0 aliphatic carbocycles. The molecule has 21 heavy (non-hydrogen) atoms. The number of carbonyl (C=O) groups is 2. The predicted molar refractivity (Wildman–Crippen MR) is 73.2 cm³/mol. The average Bonchev–Trinajstić information content (AvgIpc) is 2.44. The van der Waals surface area contributed by atoms with Gasteiger partial charge in [-0.1, -0.05) is 19.1 Å². The summed E-state index contributed by atoms with van der Waals surface area (Å²) in [5, 5.41) is 18.8. The molecular weight excluding hydrogens is 279 g/mol. The predicted octanol–water partition coefficient (Wildman–Crippen LogP) is 1.73. The van der Waals surface area contributed by atoms with E-state index in [1.807, 2.05) is 0 Å². The summed E-state index contributed by atoms with van der Waals surface area (Å²) < 4.78 is 18.3. The Hall–Kier alpha value is -1.95. The molecule has 0 bridgehead atoms. The number of benzene rings is 1. The van der Waals surface area contributed by atoms with Crippen LogP contribution in [-0.4, -0.2) is 35.4 Å². The lowest BCUT2D eigenvalue weighted by molar-refractivity contribution is -0.162. The first kappa shape index (κ1) is 17.1. The van der Waals surface area contributed by atoms with Gasteiger partial charge in [-0.3, -0.25) is 9.59 Å². The summed E-state index contributed by atoms with van der Waals surface area (Å²) in [5.74, 6) is -3.48. The number of aliphatic hydroxyl groups excluding tert-OH is 1. The maximum Gasteiger partial charge on any atom is 0.328 e. The zero-order valence-electron chi connectivity index (χ0n) is 12.0. The molecule has 0 radical (unpaired) electrons. The van der Waals surface area contributed by atoms with Gasteiger partial charge in [-0.2, -0.15) is 0 Å². The van der Waals surface area contributed by atoms with Crippen molar-refractivity contribution in [3.05, 3.63) is 35.6 Å². The second kappa shape index (κ2) is 7.17. The minimum Gasteiger partial charge on any atom is -0.480 e. The van der Waals surface area contributed by atoms with E-state index in [1.165, 1.54) is 12.1 Å². The first-order chi connectivity index (χ1) is 9.88. The molecule has 0 aromatic heterocycles. The summed E-state index contributed by atoms with van der Waals surface area (Å²) in [5.41, 5.74) is -2.02. The van der Waals surface area contributed by atoms with E-state index in [0.717, 1.165) is 12.1 Å². The fraction of sp³-hybridized carbons (Fsp3) is 0.467. The van der Waals surface area contributed by atoms with Gasteiger partial charge in [0.15, 0.2) is 5.41 Å². The minimum absolute atomic E-state index is 0.00810. The van der Waals surface area contributed by atoms with Gasteiger partial charge in [0, 0.05) is 6.61 Å². The number of carbonyl (C=O) groups excluding carboxylic acids is 1. The molecule has 0 saturated heterocycles. The van der Waals surface area contributed by atoms with Crippen molar-refractivity contribution in [2.24, 2.45) is 5.92 Å². The molecule has 2 N–H and O–H groups in total. The summed E-state index contributed by atoms with van der Waals surface area (Å²) in [6, 6.07) is 4.88. The van der Waals surface area contributed by atoms with Gasteiger partial charge in [0.25, 0.3) is 0 Å². The van der Waals surface area contributed by atoms with Crippen LogP contribution in [0.3, 0.4) is 0 Å². The lowest BCUT2D eigenvalue weighted by atomic mass is 9.74. The number of carboxylic acid groups (broad SMARTS) is 1. The second-order valence-electron chi connectivity index (χ2n) is 4.93. The summed E-state index contributed by atoms with van der Waals surface area (Å²) in [6.45, 7) is 2.89. The van der Waals surface area contributed by atoms with Gasteiger partial charge in [-0.05, 0) is 37.0 Å². The van der Waals surface area contributed by atoms with Crippen LogP contribution in [0.1, 0.15) is 25.8 Å². The van der Waals surface area contributed by atoms with Crippen LogP contribution in [0.4, 0.5) is 4.39 Å². The molecule has 1 aromatic rings. The molecule has 5 nitrogen and oxygen atoms in total. The van der Waals surface area contributed by atoms with Crippen LogP contribution in [0.2, 0.25) is 0 Å². The van der Waals surface area contributed by atoms with Gasteiger partial charge < -0.3 is 14.9 Å². The van der Waals surface area contributed by atoms with Crippen molar-refractivity contribution < 1.29 is 28.9 Å². The Morgan fingerprint density at radius 2 is 2.10 bits per heavy atom. The Morgan fingerprint density at radius 1 is 1.43 bits per heavy atom. The Kier molecular flexibility index (Phi) is 5.84. The third kappa shape index (κ3) is 3.58. The van der Waals surface area contributed by atoms with E-state index in [1.54, 1.807) is 13.8 Å². The Labute approximate surface area is 122 Å². The number of halogens is 1. The SMILES string of the molecule is CCOC(=O)C(CC(C)CO)(C(=O)O)c1cccc(F)c1. The molecule has 0 amide bonds. The maximum atomic E-state index is 13.4. The smallest absolute Gasteiger partial charge is 0.328 e. The summed E-state index contributed by atoms with van der Waals surface area (Å²) >= 11 is 0. The van der Waals surface area contributed by atoms with Crippen LogP contribution in [0.25, 0.3) is 0 Å². The van der Waals surface area contributed by atoms with E-state index in [0.29, 0.717) is 0 Å². The lowest BCUT2D eigenvalue weighted by Gasteiger charge is -2.29. The molecule has 0 fully saturated rings. The van der Waals surface area contributed by atoms with Crippen molar-refractivity contribution in [1.82, 2.24) is 0 Å². The van der Waals surface area contributed by atoms with Crippen molar-refractivity contribution in [2.75, 3.05) is 13.2 Å². The van der Waals surface area contributed by atoms with Gasteiger partial charge in [0.05, 0.1) is 6.61 Å². The quantitative estimate of drug-likeness (QED) is 0.591. The third-order valence-electron chi connectivity index (χ3n) is 3.27. The monoisotopic (exact) mass is 298 g/mol. The van der Waals surface area contributed by atoms with E-state index < -0.39 is 29.1 Å². The second-order valence-corrected chi connectivity index (χ2v) is 4.93. The van der Waals surface area contributed by atoms with Crippen molar-refractivity contribution in [3.8, 4) is 0 Å². The van der Waals surface area contributed by atoms with Crippen molar-refractivity contribution >= 4 is 11.9 Å². The van der Waals surface area contributed by atoms with Crippen LogP contribution in [0.5, 0.6) is 0 Å². The van der Waals surface area contributed by atoms with Gasteiger partial charge in [-0.25, -0.2) is 4.39 Å². The number of aliphatic hydroxyl groups is 1. The van der Waals surface area contributed by atoms with Crippen LogP contribution >= 0.6 is 0 Å². The molecule has 0 spiro atoms. The highest BCUT2D eigenvalue weighted by Gasteiger charge is 2.50. The number of hydrogen-bond acceptors (Lipinski definition) is 4. The minimum atomic E-state index is -2.03. The van der Waals surface area contributed by atoms with Crippen molar-refractivity contribution in [2.45, 2.75) is 25.7 Å². The van der Waals surface area contributed by atoms with Gasteiger partial charge in [-0.15, -0.1) is 0 Å². The first-order valence-electron chi connectivity index (χ1n) is 6.66. The standard InChI is InChI=1S/C15H19FO5/c1-3-21-14(20)15(13(18)19,8-10(2)9-17)11-5-4-6-12(16)7-11/h4-7,10,17H,3,8-9H2,1-2H3,(H,18,19). The Bertz CT molecular complexity index is 517. The number of carboxylic acids is 1. The van der Waals surface area contributed by atoms with Gasteiger partial charge in [0.2, 0.25) is 0 Å². The van der Waals surface area contributed by atoms with Gasteiger partial charge in [0.1, 0.15) is 5.82 Å². The Balaban J connectivity index is 3.43. The zero-order chi connectivity index (χ0) is 16.0. The summed E-state index contributed by atoms with van der Waals surface area (Å²) in [6.07, 6.45) is -0.179. The molecule has 1 aromatic carbocycles. The van der Waals surface area contributed by atoms with Crippen molar-refractivity contribution in [3.63, 3.8) is 0 Å². The third-order valence-corrected chi connectivity index (χ3v) is 3.27. The van der Waals surface area contributed by atoms with E-state index in [-0.39, 0.29) is 25.2 Å². The number of esters is 1. The number of aliphatic carboxylic acids is 1. The molecule has 6 heteroatoms. The molecule has 2 atom stereocenters. The lowest BCUT2D eigenvalue weighted by Crippen LogP contribution is -2.46. The topological polar surface area (TPSA) is 83.8 Å². The molecule has 116 valence electrons. The highest BCUT2D eigenvalue weighted by Crippen LogP contribution is 2.34. The number of rotatable bonds is 7. The largest absolute Gasteiger partial charge is 0.480 e. The van der Waals surface area contributed by atoms with Crippen LogP contribution < -0.4 is 0 Å². The summed E-state index contributed by atoms with van der Waals surface area (Å²) in [4.78, 5) is 24.1. The van der Waals surface area contributed by atoms with Crippen molar-refractivity contribution in [1.29, 1.82) is 0 Å². The number of hydrogen-bond donors (Lipinski definition) is 2. The van der Waals surface area contributed by atoms with E-state index in [4.69, 9.17) is 4.74 Å². The molecule has 0 aliphatic rings. The molecule has 0 aliphatic heterocycles. The molecule has 0 heterocycles. The Morgan fingerprint density at radius 3 is 2.57 bits per heavy atom. The van der Waals surface area contributed by atoms with E-state index in [9.17, 15) is 24.2 Å². The molecule has 1 rings (SSSR count). The van der Waals surface area contributed by atoms with Crippen LogP contribution in [0, 0.1) is 11.7 Å². The van der Waals surface area contributed by atoms with Gasteiger partial charge >= 0.3 is 11.9 Å². The van der Waals surface area contributed by atoms with E-state index in [2.05, 4.69) is 0 Å². The molecule has 2 unspecified atom stereocenters. The fourth-order valence-electron chi connectivity index (χ4n) is 2.21. The number of ether oxygens (including phenoxy) is 1. The summed E-state index contributed by atoms with van der Waals surface area (Å²) in [7, 11) is 0. The zero-order valence-corrected chi connectivity index (χ0v) is 12.0. The normalized spacial score (nSPS) is 15.0.